The molecule has 0 unspecified atom stereocenters. The van der Waals surface area contributed by atoms with Gasteiger partial charge in [0, 0.05) is 14.2 Å². The first kappa shape index (κ1) is 31.4. The predicted octanol–water partition coefficient (Wildman–Crippen LogP) is 5.81. The molecule has 0 fully saturated rings. The van der Waals surface area contributed by atoms with Crippen LogP contribution in [-0.2, 0) is 48.3 Å². The van der Waals surface area contributed by atoms with Gasteiger partial charge in [0.2, 0.25) is 5.78 Å². The zero-order chi connectivity index (χ0) is 28.8. The highest BCUT2D eigenvalue weighted by Gasteiger charge is 2.41. The van der Waals surface area contributed by atoms with Crippen molar-refractivity contribution in [2.24, 2.45) is 0 Å². The molecule has 0 bridgehead atoms. The Morgan fingerprint density at radius 1 is 0.650 bits per heavy atom. The molecule has 0 aliphatic heterocycles. The largest absolute Gasteiger partial charge is 0.367 e. The lowest BCUT2D eigenvalue weighted by atomic mass is 10.0. The molecule has 212 valence electrons. The van der Waals surface area contributed by atoms with Crippen molar-refractivity contribution in [3.05, 3.63) is 108 Å². The van der Waals surface area contributed by atoms with E-state index in [0.29, 0.717) is 0 Å². The molecule has 0 heterocycles. The van der Waals surface area contributed by atoms with E-state index < -0.39 is 32.7 Å². The number of carbonyl (C=O) groups excluding carboxylic acids is 1. The third-order valence-corrected chi connectivity index (χ3v) is 6.89. The highest BCUT2D eigenvalue weighted by atomic mass is 28.3. The van der Waals surface area contributed by atoms with Gasteiger partial charge in [-0.1, -0.05) is 111 Å². The normalized spacial score (nSPS) is 13.8. The Labute approximate surface area is 239 Å². The van der Waals surface area contributed by atoms with E-state index in [0.717, 1.165) is 16.7 Å². The number of ketones is 1. The molecular formula is C33H40O6Si. The molecular weight excluding hydrogens is 520 g/mol. The summed E-state index contributed by atoms with van der Waals surface area (Å²) in [4.78, 5) is 13.7. The van der Waals surface area contributed by atoms with E-state index in [-0.39, 0.29) is 25.6 Å². The van der Waals surface area contributed by atoms with E-state index in [9.17, 15) is 4.79 Å². The van der Waals surface area contributed by atoms with Crippen LogP contribution in [0.25, 0.3) is 0 Å². The van der Waals surface area contributed by atoms with Crippen LogP contribution in [0.1, 0.15) is 16.7 Å². The summed E-state index contributed by atoms with van der Waals surface area (Å²) in [5.41, 5.74) is 6.02. The lowest BCUT2D eigenvalue weighted by molar-refractivity contribution is -0.238. The molecule has 40 heavy (non-hydrogen) atoms. The van der Waals surface area contributed by atoms with Crippen molar-refractivity contribution < 1.29 is 28.5 Å². The Balaban J connectivity index is 2.01. The minimum absolute atomic E-state index is 0.201. The Bertz CT molecular complexity index is 1200. The van der Waals surface area contributed by atoms with Crippen LogP contribution in [0.3, 0.4) is 0 Å². The zero-order valence-electron chi connectivity index (χ0n) is 24.0. The Hall–Kier alpha value is -3.09. The number of hydrogen-bond acceptors (Lipinski definition) is 6. The van der Waals surface area contributed by atoms with Crippen molar-refractivity contribution in [3.8, 4) is 11.5 Å². The van der Waals surface area contributed by atoms with Crippen LogP contribution in [-0.4, -0.2) is 52.7 Å². The van der Waals surface area contributed by atoms with Crippen molar-refractivity contribution in [3.63, 3.8) is 0 Å². The Morgan fingerprint density at radius 2 is 1.05 bits per heavy atom. The van der Waals surface area contributed by atoms with Gasteiger partial charge in [-0.15, -0.1) is 5.54 Å². The van der Waals surface area contributed by atoms with Gasteiger partial charge < -0.3 is 23.7 Å². The van der Waals surface area contributed by atoms with E-state index in [4.69, 9.17) is 23.7 Å². The number of benzene rings is 3. The van der Waals surface area contributed by atoms with Crippen LogP contribution in [0.4, 0.5) is 0 Å². The van der Waals surface area contributed by atoms with E-state index in [2.05, 4.69) is 31.1 Å². The van der Waals surface area contributed by atoms with E-state index in [1.165, 1.54) is 14.2 Å². The molecule has 0 spiro atoms. The van der Waals surface area contributed by atoms with Crippen LogP contribution in [0.2, 0.25) is 19.6 Å². The van der Waals surface area contributed by atoms with Gasteiger partial charge in [-0.2, -0.15) is 0 Å². The molecule has 0 radical (unpaired) electrons. The second-order valence-corrected chi connectivity index (χ2v) is 15.2. The Kier molecular flexibility index (Phi) is 12.8. The van der Waals surface area contributed by atoms with Crippen molar-refractivity contribution >= 4 is 13.9 Å². The number of rotatable bonds is 15. The minimum atomic E-state index is -1.84. The maximum Gasteiger partial charge on any atom is 0.236 e. The highest BCUT2D eigenvalue weighted by molar-refractivity contribution is 6.84. The number of carbonyl (C=O) groups is 1. The summed E-state index contributed by atoms with van der Waals surface area (Å²) >= 11 is 0. The maximum absolute atomic E-state index is 13.7. The molecule has 3 aromatic rings. The lowest BCUT2D eigenvalue weighted by Gasteiger charge is -2.35. The quantitative estimate of drug-likeness (QED) is 0.133. The lowest BCUT2D eigenvalue weighted by Crippen LogP contribution is -2.52. The third kappa shape index (κ3) is 10.5. The fourth-order valence-corrected chi connectivity index (χ4v) is 4.48. The van der Waals surface area contributed by atoms with Crippen LogP contribution in [0.15, 0.2) is 91.0 Å². The third-order valence-electron chi connectivity index (χ3n) is 6.02. The molecule has 0 saturated carbocycles. The van der Waals surface area contributed by atoms with Gasteiger partial charge in [0.15, 0.2) is 12.4 Å². The molecule has 3 aromatic carbocycles. The molecule has 0 N–H and O–H groups in total. The highest BCUT2D eigenvalue weighted by Crippen LogP contribution is 2.23. The summed E-state index contributed by atoms with van der Waals surface area (Å²) < 4.78 is 30.5. The predicted molar refractivity (Wildman–Crippen MR) is 159 cm³/mol. The molecule has 3 atom stereocenters. The summed E-state index contributed by atoms with van der Waals surface area (Å²) in [5.74, 6) is 2.51. The molecule has 6 nitrogen and oxygen atoms in total. The van der Waals surface area contributed by atoms with Crippen molar-refractivity contribution in [2.45, 2.75) is 64.1 Å². The van der Waals surface area contributed by atoms with Crippen LogP contribution < -0.4 is 0 Å². The molecule has 7 heteroatoms. The Morgan fingerprint density at radius 3 is 1.45 bits per heavy atom. The molecule has 0 saturated heterocycles. The maximum atomic E-state index is 13.7. The first-order valence-corrected chi connectivity index (χ1v) is 16.9. The molecule has 0 amide bonds. The number of hydrogen-bond donors (Lipinski definition) is 0. The zero-order valence-corrected chi connectivity index (χ0v) is 25.0. The van der Waals surface area contributed by atoms with Gasteiger partial charge in [0.25, 0.3) is 0 Å². The topological polar surface area (TPSA) is 63.2 Å². The van der Waals surface area contributed by atoms with Gasteiger partial charge in [0.05, 0.1) is 19.8 Å². The van der Waals surface area contributed by atoms with Crippen molar-refractivity contribution in [2.75, 3.05) is 14.2 Å². The first-order chi connectivity index (χ1) is 19.3. The van der Waals surface area contributed by atoms with Crippen LogP contribution in [0, 0.1) is 11.5 Å². The SMILES string of the molecule is COC(OC)[C@H](OCc1ccccc1)[C@@H](OCc1ccccc1)[C@H](OCc1ccccc1)C(=O)C#C[Si](C)(C)C. The fourth-order valence-electron chi connectivity index (χ4n) is 3.98. The summed E-state index contributed by atoms with van der Waals surface area (Å²) in [6.07, 6.45) is -3.58. The summed E-state index contributed by atoms with van der Waals surface area (Å²) in [6.45, 7) is 6.97. The standard InChI is InChI=1S/C33H40O6Si/c1-35-33(36-2)32(39-25-28-19-13-8-14-20-28)31(38-24-27-17-11-7-12-18-27)30(29(34)21-22-40(3,4)5)37-23-26-15-9-6-10-16-26/h6-20,30-33H,23-25H2,1-5H3/t30-,31+,32-/m1/s1. The monoisotopic (exact) mass is 560 g/mol. The number of Topliss-reactive ketones (excluding diaryl/α,β-unsaturated/α-hetero) is 1. The van der Waals surface area contributed by atoms with Gasteiger partial charge in [-0.05, 0) is 22.6 Å². The average Bonchev–Trinajstić information content (AvgIpc) is 2.97. The van der Waals surface area contributed by atoms with Gasteiger partial charge in [0.1, 0.15) is 20.3 Å². The number of ether oxygens (including phenoxy) is 5. The second-order valence-electron chi connectivity index (χ2n) is 10.4. The van der Waals surface area contributed by atoms with Gasteiger partial charge in [-0.25, -0.2) is 0 Å². The van der Waals surface area contributed by atoms with Crippen LogP contribution in [0.5, 0.6) is 0 Å². The fraction of sp³-hybridized carbons (Fsp3) is 0.364. The minimum Gasteiger partial charge on any atom is -0.367 e. The molecule has 0 aliphatic rings. The van der Waals surface area contributed by atoms with Gasteiger partial charge >= 0.3 is 0 Å². The smallest absolute Gasteiger partial charge is 0.236 e. The number of methoxy groups -OCH3 is 2. The first-order valence-electron chi connectivity index (χ1n) is 13.4. The van der Waals surface area contributed by atoms with E-state index in [1.807, 2.05) is 91.0 Å². The van der Waals surface area contributed by atoms with E-state index >= 15 is 0 Å². The molecule has 3 rings (SSSR count). The molecule has 0 aliphatic carbocycles. The van der Waals surface area contributed by atoms with Crippen molar-refractivity contribution in [1.29, 1.82) is 0 Å². The summed E-state index contributed by atoms with van der Waals surface area (Å²) in [6, 6.07) is 29.2. The van der Waals surface area contributed by atoms with Gasteiger partial charge in [-0.3, -0.25) is 4.79 Å². The summed E-state index contributed by atoms with van der Waals surface area (Å²) in [5, 5.41) is 0. The summed E-state index contributed by atoms with van der Waals surface area (Å²) in [7, 11) is 1.23. The average molecular weight is 561 g/mol. The van der Waals surface area contributed by atoms with E-state index in [1.54, 1.807) is 0 Å². The van der Waals surface area contributed by atoms with Crippen LogP contribution >= 0.6 is 0 Å². The van der Waals surface area contributed by atoms with Crippen molar-refractivity contribution in [1.82, 2.24) is 0 Å². The molecule has 0 aromatic heterocycles. The second kappa shape index (κ2) is 16.2.